The van der Waals surface area contributed by atoms with Gasteiger partial charge in [0.2, 0.25) is 0 Å². The first-order valence-corrected chi connectivity index (χ1v) is 13.4. The van der Waals surface area contributed by atoms with E-state index in [4.69, 9.17) is 9.73 Å². The van der Waals surface area contributed by atoms with Crippen LogP contribution in [-0.2, 0) is 9.53 Å². The molecular weight excluding hydrogens is 456 g/mol. The van der Waals surface area contributed by atoms with Gasteiger partial charge in [-0.1, -0.05) is 81.1 Å². The molecule has 3 aromatic rings. The van der Waals surface area contributed by atoms with Gasteiger partial charge in [-0.15, -0.1) is 0 Å². The Morgan fingerprint density at radius 1 is 0.865 bits per heavy atom. The molecule has 4 rings (SSSR count). The lowest BCUT2D eigenvalue weighted by molar-refractivity contribution is -0.115. The zero-order valence-electron chi connectivity index (χ0n) is 22.5. The third-order valence-corrected chi connectivity index (χ3v) is 6.70. The fraction of sp³-hybridized carbons (Fsp3) is 0.333. The third-order valence-electron chi connectivity index (χ3n) is 6.70. The van der Waals surface area contributed by atoms with Crippen molar-refractivity contribution in [1.29, 1.82) is 0 Å². The summed E-state index contributed by atoms with van der Waals surface area (Å²) in [5.74, 6) is 0.988. The number of ketones is 1. The van der Waals surface area contributed by atoms with Crippen molar-refractivity contribution in [3.8, 4) is 0 Å². The molecule has 0 N–H and O–H groups in total. The largest absolute Gasteiger partial charge is 0.439 e. The molecule has 37 heavy (non-hydrogen) atoms. The predicted molar refractivity (Wildman–Crippen MR) is 155 cm³/mol. The van der Waals surface area contributed by atoms with E-state index in [1.165, 1.54) is 24.8 Å². The maximum atomic E-state index is 12.5. The van der Waals surface area contributed by atoms with Gasteiger partial charge in [0.15, 0.2) is 17.4 Å². The molecule has 192 valence electrons. The normalized spacial score (nSPS) is 15.1. The second kappa shape index (κ2) is 12.5. The van der Waals surface area contributed by atoms with E-state index in [1.54, 1.807) is 6.92 Å². The van der Waals surface area contributed by atoms with Crippen LogP contribution >= 0.6 is 0 Å². The number of rotatable bonds is 8. The number of carbonyl (C=O) groups is 1. The second-order valence-electron chi connectivity index (χ2n) is 10.2. The molecule has 0 aromatic heterocycles. The van der Waals surface area contributed by atoms with Crippen LogP contribution in [0.2, 0.25) is 0 Å². The Balaban J connectivity index is 1.61. The Labute approximate surface area is 221 Å². The minimum absolute atomic E-state index is 0.105. The average molecular weight is 495 g/mol. The van der Waals surface area contributed by atoms with E-state index in [0.717, 1.165) is 35.5 Å². The first-order valence-electron chi connectivity index (χ1n) is 13.4. The summed E-state index contributed by atoms with van der Waals surface area (Å²) in [4.78, 5) is 19.6. The first-order chi connectivity index (χ1) is 17.9. The summed E-state index contributed by atoms with van der Waals surface area (Å²) in [6.07, 6.45) is 7.72. The van der Waals surface area contributed by atoms with Crippen LogP contribution in [0.25, 0.3) is 6.08 Å². The maximum absolute atomic E-state index is 12.5. The smallest absolute Gasteiger partial charge is 0.195 e. The highest BCUT2D eigenvalue weighted by Crippen LogP contribution is 2.34. The highest BCUT2D eigenvalue weighted by molar-refractivity contribution is 5.98. The number of anilines is 3. The molecule has 1 aliphatic carbocycles. The molecule has 0 saturated heterocycles. The molecule has 4 nitrogen and oxygen atoms in total. The van der Waals surface area contributed by atoms with E-state index in [2.05, 4.69) is 74.2 Å². The number of allylic oxidation sites excluding steroid dienone is 1. The number of aliphatic imine (C=N–C) groups is 1. The number of carbonyl (C=O) groups excluding carboxylic acids is 1. The summed E-state index contributed by atoms with van der Waals surface area (Å²) in [6.45, 7) is 7.78. The zero-order valence-corrected chi connectivity index (χ0v) is 22.5. The van der Waals surface area contributed by atoms with Gasteiger partial charge in [0.25, 0.3) is 0 Å². The molecule has 1 saturated carbocycles. The predicted octanol–water partition coefficient (Wildman–Crippen LogP) is 8.80. The minimum atomic E-state index is -0.105. The van der Waals surface area contributed by atoms with Gasteiger partial charge in [-0.3, -0.25) is 9.79 Å². The van der Waals surface area contributed by atoms with E-state index < -0.39 is 0 Å². The third kappa shape index (κ3) is 7.19. The van der Waals surface area contributed by atoms with Gasteiger partial charge in [0, 0.05) is 29.9 Å². The van der Waals surface area contributed by atoms with Crippen LogP contribution in [0, 0.1) is 12.8 Å². The Morgan fingerprint density at radius 2 is 1.43 bits per heavy atom. The Kier molecular flexibility index (Phi) is 8.95. The van der Waals surface area contributed by atoms with Crippen LogP contribution in [0.1, 0.15) is 64.0 Å². The van der Waals surface area contributed by atoms with E-state index in [1.807, 2.05) is 36.4 Å². The second-order valence-corrected chi connectivity index (χ2v) is 10.2. The Bertz CT molecular complexity index is 1220. The number of nitrogens with zero attached hydrogens (tertiary/aromatic N) is 2. The molecule has 0 spiro atoms. The lowest BCUT2D eigenvalue weighted by Crippen LogP contribution is -2.20. The van der Waals surface area contributed by atoms with Gasteiger partial charge in [-0.25, -0.2) is 0 Å². The van der Waals surface area contributed by atoms with Gasteiger partial charge < -0.3 is 9.64 Å². The molecule has 1 aliphatic rings. The summed E-state index contributed by atoms with van der Waals surface area (Å²) >= 11 is 0. The minimum Gasteiger partial charge on any atom is -0.439 e. The van der Waals surface area contributed by atoms with Crippen molar-refractivity contribution in [3.63, 3.8) is 0 Å². The highest BCUT2D eigenvalue weighted by Gasteiger charge is 2.19. The fourth-order valence-corrected chi connectivity index (χ4v) is 4.59. The molecule has 0 bridgehead atoms. The van der Waals surface area contributed by atoms with Crippen molar-refractivity contribution >= 4 is 34.8 Å². The number of ether oxygens (including phenoxy) is 1. The molecule has 0 atom stereocenters. The number of Topliss-reactive ketones (excluding diaryl/α,β-unsaturated/α-hetero) is 1. The van der Waals surface area contributed by atoms with Gasteiger partial charge >= 0.3 is 0 Å². The average Bonchev–Trinajstić information content (AvgIpc) is 2.91. The van der Waals surface area contributed by atoms with Crippen LogP contribution in [-0.4, -0.2) is 17.7 Å². The van der Waals surface area contributed by atoms with Crippen molar-refractivity contribution in [3.05, 3.63) is 95.7 Å². The topological polar surface area (TPSA) is 41.9 Å². The van der Waals surface area contributed by atoms with Crippen LogP contribution in [0.3, 0.4) is 0 Å². The molecular formula is C33H38N2O2. The van der Waals surface area contributed by atoms with Crippen molar-refractivity contribution in [1.82, 2.24) is 0 Å². The van der Waals surface area contributed by atoms with E-state index >= 15 is 0 Å². The lowest BCUT2D eigenvalue weighted by Gasteiger charge is -2.25. The summed E-state index contributed by atoms with van der Waals surface area (Å²) in [6, 6.07) is 27.4. The standard InChI is InChI=1S/C33H38N2O2/c1-24(2)33(34-28-11-7-5-8-12-28)37-32(26(4)36)23-27-17-21-31(22-18-27)35(29-13-9-6-10-14-29)30-19-15-25(3)16-20-30/h6,9-10,13-24,28H,5,7-8,11-12H2,1-4H3/b32-23+,34-33-. The molecule has 0 heterocycles. The van der Waals surface area contributed by atoms with Gasteiger partial charge in [-0.05, 0) is 67.8 Å². The Hall–Kier alpha value is -3.66. The monoisotopic (exact) mass is 494 g/mol. The molecule has 4 heteroatoms. The summed E-state index contributed by atoms with van der Waals surface area (Å²) < 4.78 is 6.16. The number of hydrogen-bond donors (Lipinski definition) is 0. The summed E-state index contributed by atoms with van der Waals surface area (Å²) in [7, 11) is 0. The summed E-state index contributed by atoms with van der Waals surface area (Å²) in [5.41, 5.74) is 5.35. The molecule has 0 unspecified atom stereocenters. The van der Waals surface area contributed by atoms with Gasteiger partial charge in [0.05, 0.1) is 6.04 Å². The van der Waals surface area contributed by atoms with E-state index in [0.29, 0.717) is 17.7 Å². The number of benzene rings is 3. The number of aryl methyl sites for hydroxylation is 1. The number of para-hydroxylation sites is 1. The van der Waals surface area contributed by atoms with Crippen LogP contribution in [0.4, 0.5) is 17.1 Å². The van der Waals surface area contributed by atoms with Gasteiger partial charge in [-0.2, -0.15) is 0 Å². The van der Waals surface area contributed by atoms with Crippen molar-refractivity contribution < 1.29 is 9.53 Å². The lowest BCUT2D eigenvalue weighted by atomic mass is 9.96. The maximum Gasteiger partial charge on any atom is 0.195 e. The van der Waals surface area contributed by atoms with E-state index in [-0.39, 0.29) is 11.7 Å². The van der Waals surface area contributed by atoms with Crippen LogP contribution < -0.4 is 4.90 Å². The molecule has 1 fully saturated rings. The SMILES string of the molecule is CC(=O)/C(=C\c1ccc(N(c2ccccc2)c2ccc(C)cc2)cc1)O/C(=N\C1CCCCC1)C(C)C. The van der Waals surface area contributed by atoms with Crippen molar-refractivity contribution in [2.45, 2.75) is 65.8 Å². The number of hydrogen-bond acceptors (Lipinski definition) is 4. The molecule has 3 aromatic carbocycles. The van der Waals surface area contributed by atoms with E-state index in [9.17, 15) is 4.79 Å². The van der Waals surface area contributed by atoms with Crippen LogP contribution in [0.5, 0.6) is 0 Å². The molecule has 0 amide bonds. The zero-order chi connectivity index (χ0) is 26.2. The van der Waals surface area contributed by atoms with Crippen molar-refractivity contribution in [2.75, 3.05) is 4.90 Å². The quantitative estimate of drug-likeness (QED) is 0.136. The molecule has 0 aliphatic heterocycles. The van der Waals surface area contributed by atoms with Gasteiger partial charge in [0.1, 0.15) is 0 Å². The Morgan fingerprint density at radius 3 is 2.00 bits per heavy atom. The van der Waals surface area contributed by atoms with Crippen molar-refractivity contribution in [2.24, 2.45) is 10.9 Å². The highest BCUT2D eigenvalue weighted by atomic mass is 16.5. The molecule has 0 radical (unpaired) electrons. The van der Waals surface area contributed by atoms with Crippen LogP contribution in [0.15, 0.2) is 89.6 Å². The summed E-state index contributed by atoms with van der Waals surface area (Å²) in [5, 5.41) is 0. The fourth-order valence-electron chi connectivity index (χ4n) is 4.59. The first kappa shape index (κ1) is 26.4.